The minimum absolute atomic E-state index is 0.587. The lowest BCUT2D eigenvalue weighted by Gasteiger charge is -2.29. The van der Waals surface area contributed by atoms with Crippen molar-refractivity contribution in [3.8, 4) is 0 Å². The Kier molecular flexibility index (Phi) is 3.87. The maximum absolute atomic E-state index is 5.78. The third-order valence-electron chi connectivity index (χ3n) is 3.84. The van der Waals surface area contributed by atoms with Crippen molar-refractivity contribution in [3.05, 3.63) is 17.8 Å². The summed E-state index contributed by atoms with van der Waals surface area (Å²) >= 11 is 0. The highest BCUT2D eigenvalue weighted by molar-refractivity contribution is 5.49. The fourth-order valence-corrected chi connectivity index (χ4v) is 2.65. The molecule has 0 aliphatic heterocycles. The van der Waals surface area contributed by atoms with Crippen LogP contribution >= 0.6 is 0 Å². The molecule has 0 spiro atoms. The van der Waals surface area contributed by atoms with Gasteiger partial charge in [-0.2, -0.15) is 0 Å². The van der Waals surface area contributed by atoms with Crippen LogP contribution in [0.3, 0.4) is 0 Å². The van der Waals surface area contributed by atoms with Crippen LogP contribution in [0, 0.1) is 12.8 Å². The zero-order valence-corrected chi connectivity index (χ0v) is 10.9. The molecule has 0 radical (unpaired) electrons. The van der Waals surface area contributed by atoms with Gasteiger partial charge in [0.05, 0.1) is 11.4 Å². The topological polar surface area (TPSA) is 50.9 Å². The highest BCUT2D eigenvalue weighted by Crippen LogP contribution is 2.28. The number of hydrogen-bond acceptors (Lipinski definition) is 3. The summed E-state index contributed by atoms with van der Waals surface area (Å²) in [5.74, 6) is 1.86. The molecule has 3 N–H and O–H groups in total. The van der Waals surface area contributed by atoms with Gasteiger partial charge in [-0.1, -0.05) is 26.2 Å². The van der Waals surface area contributed by atoms with E-state index in [4.69, 9.17) is 5.73 Å². The summed E-state index contributed by atoms with van der Waals surface area (Å²) in [6, 6.07) is 4.51. The Morgan fingerprint density at radius 2 is 2.24 bits per heavy atom. The van der Waals surface area contributed by atoms with E-state index in [-0.39, 0.29) is 0 Å². The van der Waals surface area contributed by atoms with Crippen LogP contribution in [0.2, 0.25) is 0 Å². The third kappa shape index (κ3) is 3.11. The fraction of sp³-hybridized carbons (Fsp3) is 0.643. The molecule has 0 aromatic carbocycles. The Labute approximate surface area is 104 Å². The van der Waals surface area contributed by atoms with E-state index in [1.165, 1.54) is 32.1 Å². The standard InChI is InChI=1S/C14H23N3/c1-3-11-5-4-6-12(9-11)17-14-8-7-13(15)10(2)16-14/h7-8,11-12H,3-6,9,15H2,1-2H3,(H,16,17). The zero-order valence-electron chi connectivity index (χ0n) is 10.9. The van der Waals surface area contributed by atoms with Crippen molar-refractivity contribution < 1.29 is 0 Å². The highest BCUT2D eigenvalue weighted by atomic mass is 15.0. The molecule has 0 saturated heterocycles. The van der Waals surface area contributed by atoms with Gasteiger partial charge in [0.25, 0.3) is 0 Å². The second-order valence-electron chi connectivity index (χ2n) is 5.15. The van der Waals surface area contributed by atoms with E-state index in [2.05, 4.69) is 17.2 Å². The van der Waals surface area contributed by atoms with Gasteiger partial charge < -0.3 is 11.1 Å². The predicted octanol–water partition coefficient (Wildman–Crippen LogP) is 3.35. The van der Waals surface area contributed by atoms with E-state index in [1.54, 1.807) is 0 Å². The summed E-state index contributed by atoms with van der Waals surface area (Å²) in [5, 5.41) is 3.55. The van der Waals surface area contributed by atoms with Gasteiger partial charge >= 0.3 is 0 Å². The number of nitrogens with two attached hydrogens (primary N) is 1. The van der Waals surface area contributed by atoms with Crippen LogP contribution in [0.1, 0.15) is 44.7 Å². The summed E-state index contributed by atoms with van der Waals surface area (Å²) < 4.78 is 0. The molecular weight excluding hydrogens is 210 g/mol. The van der Waals surface area contributed by atoms with Gasteiger partial charge in [0.1, 0.15) is 5.82 Å². The minimum atomic E-state index is 0.587. The van der Waals surface area contributed by atoms with E-state index >= 15 is 0 Å². The maximum atomic E-state index is 5.78. The average Bonchev–Trinajstić information content (AvgIpc) is 2.34. The van der Waals surface area contributed by atoms with Crippen molar-refractivity contribution in [3.63, 3.8) is 0 Å². The Balaban J connectivity index is 1.97. The van der Waals surface area contributed by atoms with Crippen molar-refractivity contribution in [1.82, 2.24) is 4.98 Å². The number of aryl methyl sites for hydroxylation is 1. The van der Waals surface area contributed by atoms with E-state index in [0.29, 0.717) is 6.04 Å². The minimum Gasteiger partial charge on any atom is -0.397 e. The molecular formula is C14H23N3. The zero-order chi connectivity index (χ0) is 12.3. The van der Waals surface area contributed by atoms with Crippen molar-refractivity contribution in [2.24, 2.45) is 5.92 Å². The number of nitrogens with one attached hydrogen (secondary N) is 1. The first-order chi connectivity index (χ1) is 8.19. The average molecular weight is 233 g/mol. The molecule has 0 amide bonds. The van der Waals surface area contributed by atoms with Crippen molar-refractivity contribution >= 4 is 11.5 Å². The molecule has 1 aromatic rings. The molecule has 17 heavy (non-hydrogen) atoms. The van der Waals surface area contributed by atoms with Gasteiger partial charge in [-0.15, -0.1) is 0 Å². The first kappa shape index (κ1) is 12.2. The molecule has 1 saturated carbocycles. The van der Waals surface area contributed by atoms with Crippen molar-refractivity contribution in [2.75, 3.05) is 11.1 Å². The molecule has 0 bridgehead atoms. The first-order valence-corrected chi connectivity index (χ1v) is 6.68. The Bertz CT molecular complexity index is 376. The lowest BCUT2D eigenvalue weighted by Crippen LogP contribution is -2.27. The predicted molar refractivity (Wildman–Crippen MR) is 73.0 cm³/mol. The van der Waals surface area contributed by atoms with Crippen LogP contribution in [-0.2, 0) is 0 Å². The highest BCUT2D eigenvalue weighted by Gasteiger charge is 2.20. The van der Waals surface area contributed by atoms with E-state index in [9.17, 15) is 0 Å². The fourth-order valence-electron chi connectivity index (χ4n) is 2.65. The third-order valence-corrected chi connectivity index (χ3v) is 3.84. The van der Waals surface area contributed by atoms with Crippen molar-refractivity contribution in [1.29, 1.82) is 0 Å². The van der Waals surface area contributed by atoms with Crippen LogP contribution in [0.4, 0.5) is 11.5 Å². The van der Waals surface area contributed by atoms with Gasteiger partial charge in [-0.05, 0) is 37.8 Å². The van der Waals surface area contributed by atoms with E-state index < -0.39 is 0 Å². The molecule has 94 valence electrons. The summed E-state index contributed by atoms with van der Waals surface area (Å²) in [5.41, 5.74) is 7.46. The summed E-state index contributed by atoms with van der Waals surface area (Å²) in [7, 11) is 0. The molecule has 2 unspecified atom stereocenters. The normalized spacial score (nSPS) is 24.6. The molecule has 1 aliphatic carbocycles. The van der Waals surface area contributed by atoms with Gasteiger partial charge in [0.15, 0.2) is 0 Å². The molecule has 1 aromatic heterocycles. The summed E-state index contributed by atoms with van der Waals surface area (Å²) in [4.78, 5) is 4.48. The molecule has 2 atom stereocenters. The van der Waals surface area contributed by atoms with Crippen molar-refractivity contribution in [2.45, 2.75) is 52.0 Å². The second kappa shape index (κ2) is 5.39. The molecule has 3 heteroatoms. The maximum Gasteiger partial charge on any atom is 0.126 e. The number of anilines is 2. The molecule has 1 heterocycles. The van der Waals surface area contributed by atoms with Gasteiger partial charge in [0.2, 0.25) is 0 Å². The Hall–Kier alpha value is -1.25. The number of rotatable bonds is 3. The lowest BCUT2D eigenvalue weighted by molar-refractivity contribution is 0.327. The second-order valence-corrected chi connectivity index (χ2v) is 5.15. The molecule has 1 fully saturated rings. The number of hydrogen-bond donors (Lipinski definition) is 2. The van der Waals surface area contributed by atoms with Crippen LogP contribution in [0.25, 0.3) is 0 Å². The van der Waals surface area contributed by atoms with Crippen LogP contribution < -0.4 is 11.1 Å². The molecule has 1 aliphatic rings. The first-order valence-electron chi connectivity index (χ1n) is 6.68. The molecule has 3 nitrogen and oxygen atoms in total. The lowest BCUT2D eigenvalue weighted by atomic mass is 9.84. The Morgan fingerprint density at radius 1 is 1.41 bits per heavy atom. The number of pyridine rings is 1. The largest absolute Gasteiger partial charge is 0.397 e. The SMILES string of the molecule is CCC1CCCC(Nc2ccc(N)c(C)n2)C1. The molecule has 2 rings (SSSR count). The summed E-state index contributed by atoms with van der Waals surface area (Å²) in [6.45, 7) is 4.24. The van der Waals surface area contributed by atoms with E-state index in [1.807, 2.05) is 19.1 Å². The summed E-state index contributed by atoms with van der Waals surface area (Å²) in [6.07, 6.45) is 6.57. The Morgan fingerprint density at radius 3 is 2.94 bits per heavy atom. The van der Waals surface area contributed by atoms with Crippen LogP contribution in [-0.4, -0.2) is 11.0 Å². The van der Waals surface area contributed by atoms with Gasteiger partial charge in [-0.3, -0.25) is 0 Å². The number of nitrogen functional groups attached to an aromatic ring is 1. The van der Waals surface area contributed by atoms with Gasteiger partial charge in [-0.25, -0.2) is 4.98 Å². The van der Waals surface area contributed by atoms with Crippen LogP contribution in [0.15, 0.2) is 12.1 Å². The van der Waals surface area contributed by atoms with Gasteiger partial charge in [0, 0.05) is 6.04 Å². The monoisotopic (exact) mass is 233 g/mol. The quantitative estimate of drug-likeness (QED) is 0.841. The number of nitrogens with zero attached hydrogens (tertiary/aromatic N) is 1. The van der Waals surface area contributed by atoms with Crippen LogP contribution in [0.5, 0.6) is 0 Å². The smallest absolute Gasteiger partial charge is 0.126 e. The number of aromatic nitrogens is 1. The van der Waals surface area contributed by atoms with E-state index in [0.717, 1.165) is 23.1 Å².